The van der Waals surface area contributed by atoms with Crippen LogP contribution in [0.5, 0.6) is 0 Å². The van der Waals surface area contributed by atoms with Gasteiger partial charge in [0.25, 0.3) is 0 Å². The number of methoxy groups -OCH3 is 1. The third kappa shape index (κ3) is 26.5. The summed E-state index contributed by atoms with van der Waals surface area (Å²) < 4.78 is 123. The van der Waals surface area contributed by atoms with E-state index in [1.807, 2.05) is 12.1 Å². The highest BCUT2D eigenvalue weighted by Crippen LogP contribution is 2.24. The maximum absolute atomic E-state index is 9.75. The van der Waals surface area contributed by atoms with Crippen LogP contribution in [0.25, 0.3) is 10.8 Å². The minimum absolute atomic E-state index is 0.644. The Bertz CT molecular complexity index is 673. The molecule has 0 radical (unpaired) electrons. The van der Waals surface area contributed by atoms with Crippen molar-refractivity contribution in [3.8, 4) is 0 Å². The SMILES string of the molecule is COCc1cc2ccccc2cc1Br.F[B-](F)(F)F.F[B-](F)(F)F.F[B-](F)(F)F. The van der Waals surface area contributed by atoms with Crippen molar-refractivity contribution in [2.75, 3.05) is 7.11 Å². The van der Waals surface area contributed by atoms with Crippen molar-refractivity contribution in [2.24, 2.45) is 0 Å². The zero-order valence-electron chi connectivity index (χ0n) is 14.2. The zero-order chi connectivity index (χ0) is 23.5. The van der Waals surface area contributed by atoms with E-state index in [0.717, 1.165) is 4.47 Å². The van der Waals surface area contributed by atoms with E-state index in [1.165, 1.54) is 16.3 Å². The van der Waals surface area contributed by atoms with Gasteiger partial charge in [-0.15, -0.1) is 0 Å². The average Bonchev–Trinajstić information content (AvgIpc) is 2.43. The van der Waals surface area contributed by atoms with Crippen molar-refractivity contribution in [3.63, 3.8) is 0 Å². The van der Waals surface area contributed by atoms with Gasteiger partial charge in [-0.1, -0.05) is 40.2 Å². The molecule has 0 heterocycles. The molecule has 0 saturated heterocycles. The molecule has 2 rings (SSSR count). The largest absolute Gasteiger partial charge is 0.673 e. The quantitative estimate of drug-likeness (QED) is 0.297. The number of halogens is 13. The summed E-state index contributed by atoms with van der Waals surface area (Å²) in [6.45, 7) is 0.644. The molecule has 0 aromatic heterocycles. The minimum atomic E-state index is -6.00. The Kier molecular flexibility index (Phi) is 13.2. The first kappa shape index (κ1) is 29.7. The monoisotopic (exact) mass is 511 g/mol. The van der Waals surface area contributed by atoms with Crippen LogP contribution in [0.3, 0.4) is 0 Å². The first-order valence-electron chi connectivity index (χ1n) is 7.09. The number of benzene rings is 2. The molecule has 17 heteroatoms. The highest BCUT2D eigenvalue weighted by molar-refractivity contribution is 9.10. The van der Waals surface area contributed by atoms with Crippen LogP contribution in [0.4, 0.5) is 51.8 Å². The predicted molar refractivity (Wildman–Crippen MR) is 92.9 cm³/mol. The molecule has 0 N–H and O–H groups in total. The number of hydrogen-bond acceptors (Lipinski definition) is 1. The van der Waals surface area contributed by atoms with E-state index in [2.05, 4.69) is 40.2 Å². The van der Waals surface area contributed by atoms with E-state index >= 15 is 0 Å². The summed E-state index contributed by atoms with van der Waals surface area (Å²) in [7, 11) is -16.3. The lowest BCUT2D eigenvalue weighted by molar-refractivity contribution is 0.184. The molecule has 29 heavy (non-hydrogen) atoms. The molecule has 1 nitrogen and oxygen atoms in total. The molecule has 2 aromatic carbocycles. The van der Waals surface area contributed by atoms with Gasteiger partial charge in [0.05, 0.1) is 6.61 Å². The van der Waals surface area contributed by atoms with Crippen molar-refractivity contribution in [1.82, 2.24) is 0 Å². The van der Waals surface area contributed by atoms with Crippen molar-refractivity contribution >= 4 is 48.5 Å². The lowest BCUT2D eigenvalue weighted by Gasteiger charge is -2.05. The van der Waals surface area contributed by atoms with Crippen molar-refractivity contribution < 1.29 is 56.5 Å². The molecule has 0 saturated carbocycles. The van der Waals surface area contributed by atoms with Crippen LogP contribution < -0.4 is 0 Å². The lowest BCUT2D eigenvalue weighted by atomic mass is 10.1. The molecular formula is C12H11B3BrF12O-3. The molecule has 168 valence electrons. The van der Waals surface area contributed by atoms with Gasteiger partial charge in [0.15, 0.2) is 0 Å². The summed E-state index contributed by atoms with van der Waals surface area (Å²) in [6, 6.07) is 12.6. The molecule has 0 aliphatic rings. The van der Waals surface area contributed by atoms with Crippen LogP contribution in [0.2, 0.25) is 0 Å². The third-order valence-electron chi connectivity index (χ3n) is 2.21. The van der Waals surface area contributed by atoms with Gasteiger partial charge in [-0.25, -0.2) is 0 Å². The van der Waals surface area contributed by atoms with Gasteiger partial charge in [0.2, 0.25) is 0 Å². The van der Waals surface area contributed by atoms with E-state index in [4.69, 9.17) is 4.74 Å². The average molecular weight is 512 g/mol. The summed E-state index contributed by atoms with van der Waals surface area (Å²) in [6.07, 6.45) is 0. The van der Waals surface area contributed by atoms with Crippen LogP contribution in [0, 0.1) is 0 Å². The molecule has 0 aliphatic heterocycles. The number of rotatable bonds is 2. The highest BCUT2D eigenvalue weighted by atomic mass is 79.9. The van der Waals surface area contributed by atoms with Gasteiger partial charge in [-0.2, -0.15) is 0 Å². The minimum Gasteiger partial charge on any atom is -0.418 e. The Morgan fingerprint density at radius 2 is 1.00 bits per heavy atom. The maximum atomic E-state index is 9.75. The van der Waals surface area contributed by atoms with Crippen molar-refractivity contribution in [3.05, 3.63) is 46.4 Å². The van der Waals surface area contributed by atoms with Crippen LogP contribution in [0.1, 0.15) is 5.56 Å². The summed E-state index contributed by atoms with van der Waals surface area (Å²) in [5.41, 5.74) is 1.19. The van der Waals surface area contributed by atoms with Crippen molar-refractivity contribution in [2.45, 2.75) is 6.61 Å². The number of fused-ring (bicyclic) bond motifs is 1. The molecule has 0 fully saturated rings. The standard InChI is InChI=1S/C12H11BrO.3BF4/c1-14-8-11-6-9-4-2-3-5-10(9)7-12(11)13;3*2-1(3,4)5/h2-7H,8H2,1H3;;;/q;3*-1. The molecule has 0 spiro atoms. The lowest BCUT2D eigenvalue weighted by Crippen LogP contribution is -2.02. The second kappa shape index (κ2) is 12.9. The summed E-state index contributed by atoms with van der Waals surface area (Å²) in [5.74, 6) is 0. The van der Waals surface area contributed by atoms with Crippen molar-refractivity contribution in [1.29, 1.82) is 0 Å². The highest BCUT2D eigenvalue weighted by Gasteiger charge is 2.21. The van der Waals surface area contributed by atoms with Crippen LogP contribution in [-0.4, -0.2) is 28.9 Å². The Morgan fingerprint density at radius 3 is 1.31 bits per heavy atom. The van der Waals surface area contributed by atoms with Crippen LogP contribution >= 0.6 is 15.9 Å². The van der Waals surface area contributed by atoms with Gasteiger partial charge in [0, 0.05) is 11.6 Å². The van der Waals surface area contributed by atoms with Gasteiger partial charge < -0.3 is 56.5 Å². The first-order chi connectivity index (χ1) is 12.8. The normalized spacial score (nSPS) is 11.4. The smallest absolute Gasteiger partial charge is 0.418 e. The Labute approximate surface area is 165 Å². The summed E-state index contributed by atoms with van der Waals surface area (Å²) >= 11 is 3.54. The molecular weight excluding hydrogens is 500 g/mol. The Morgan fingerprint density at radius 1 is 0.690 bits per heavy atom. The second-order valence-electron chi connectivity index (χ2n) is 4.71. The summed E-state index contributed by atoms with van der Waals surface area (Å²) in [4.78, 5) is 0. The number of hydrogen-bond donors (Lipinski definition) is 0. The fourth-order valence-electron chi connectivity index (χ4n) is 1.53. The third-order valence-corrected chi connectivity index (χ3v) is 2.95. The van der Waals surface area contributed by atoms with Crippen LogP contribution in [0.15, 0.2) is 40.9 Å². The topological polar surface area (TPSA) is 9.23 Å². The molecule has 0 atom stereocenters. The van der Waals surface area contributed by atoms with E-state index in [-0.39, 0.29) is 0 Å². The van der Waals surface area contributed by atoms with E-state index in [1.54, 1.807) is 7.11 Å². The first-order valence-corrected chi connectivity index (χ1v) is 7.88. The molecule has 0 unspecified atom stereocenters. The molecule has 0 amide bonds. The Hall–Kier alpha value is -1.51. The fourth-order valence-corrected chi connectivity index (χ4v) is 2.00. The predicted octanol–water partition coefficient (Wildman–Crippen LogP) is 7.65. The van der Waals surface area contributed by atoms with Crippen LogP contribution in [-0.2, 0) is 11.3 Å². The van der Waals surface area contributed by atoms with E-state index in [0.29, 0.717) is 6.61 Å². The second-order valence-corrected chi connectivity index (χ2v) is 5.56. The molecule has 2 aromatic rings. The summed E-state index contributed by atoms with van der Waals surface area (Å²) in [5, 5.41) is 2.50. The van der Waals surface area contributed by atoms with Gasteiger partial charge >= 0.3 is 21.8 Å². The number of ether oxygens (including phenoxy) is 1. The zero-order valence-corrected chi connectivity index (χ0v) is 15.8. The van der Waals surface area contributed by atoms with E-state index < -0.39 is 21.8 Å². The maximum Gasteiger partial charge on any atom is 0.673 e. The van der Waals surface area contributed by atoms with Gasteiger partial charge in [-0.05, 0) is 28.5 Å². The molecule has 0 aliphatic carbocycles. The molecule has 0 bridgehead atoms. The van der Waals surface area contributed by atoms with E-state index in [9.17, 15) is 51.8 Å². The fraction of sp³-hybridized carbons (Fsp3) is 0.167. The Balaban J connectivity index is 0. The van der Waals surface area contributed by atoms with Gasteiger partial charge in [-0.3, -0.25) is 0 Å². The van der Waals surface area contributed by atoms with Gasteiger partial charge in [0.1, 0.15) is 0 Å².